The molecule has 0 aromatic heterocycles. The molecule has 0 N–H and O–H groups in total. The highest BCUT2D eigenvalue weighted by atomic mass is 16.7. The molecule has 0 saturated heterocycles. The van der Waals surface area contributed by atoms with E-state index in [1.165, 1.54) is 89.9 Å². The molecule has 0 amide bonds. The highest BCUT2D eigenvalue weighted by Gasteiger charge is 2.17. The lowest BCUT2D eigenvalue weighted by Crippen LogP contribution is -2.39. The van der Waals surface area contributed by atoms with Crippen molar-refractivity contribution in [3.8, 4) is 0 Å². The van der Waals surface area contributed by atoms with Gasteiger partial charge in [-0.05, 0) is 70.4 Å². The number of carbonyl (C=O) groups excluding carboxylic acids is 3. The van der Waals surface area contributed by atoms with Gasteiger partial charge in [0.2, 0.25) is 0 Å². The van der Waals surface area contributed by atoms with Gasteiger partial charge in [-0.25, -0.2) is 4.79 Å². The lowest BCUT2D eigenvalue weighted by Gasteiger charge is -2.26. The van der Waals surface area contributed by atoms with E-state index in [1.807, 2.05) is 0 Å². The van der Waals surface area contributed by atoms with Crippen molar-refractivity contribution in [3.05, 3.63) is 0 Å². The number of esters is 2. The average Bonchev–Trinajstić information content (AvgIpc) is 3.22. The molecule has 0 heterocycles. The van der Waals surface area contributed by atoms with Crippen molar-refractivity contribution in [1.29, 1.82) is 0 Å². The molecule has 0 radical (unpaired) electrons. The third kappa shape index (κ3) is 37.2. The van der Waals surface area contributed by atoms with Crippen molar-refractivity contribution in [3.63, 3.8) is 0 Å². The average molecular weight is 825 g/mol. The monoisotopic (exact) mass is 825 g/mol. The number of unbranched alkanes of at least 4 members (excludes halogenated alkanes) is 18. The molecule has 0 aromatic carbocycles. The van der Waals surface area contributed by atoms with Crippen molar-refractivity contribution in [2.45, 2.75) is 234 Å². The van der Waals surface area contributed by atoms with Gasteiger partial charge in [0.25, 0.3) is 0 Å². The molecule has 0 saturated carbocycles. The van der Waals surface area contributed by atoms with Crippen molar-refractivity contribution < 1.29 is 33.3 Å². The molecule has 0 fully saturated rings. The summed E-state index contributed by atoms with van der Waals surface area (Å²) in [6, 6.07) is 0. The highest BCUT2D eigenvalue weighted by molar-refractivity contribution is 5.69. The number of rotatable bonds is 44. The lowest BCUT2D eigenvalue weighted by atomic mass is 9.95. The topological polar surface area (TPSA) is 94.6 Å². The highest BCUT2D eigenvalue weighted by Crippen LogP contribution is 2.21. The van der Waals surface area contributed by atoms with Crippen LogP contribution in [0.1, 0.15) is 228 Å². The quantitative estimate of drug-likeness (QED) is 0.0338. The minimum atomic E-state index is -0.580. The molecule has 9 nitrogen and oxygen atoms in total. The van der Waals surface area contributed by atoms with Crippen LogP contribution in [0.5, 0.6) is 0 Å². The van der Waals surface area contributed by atoms with Crippen LogP contribution in [0, 0.1) is 5.92 Å². The Kier molecular flexibility index (Phi) is 41.8. The molecular weight excluding hydrogens is 729 g/mol. The summed E-state index contributed by atoms with van der Waals surface area (Å²) in [6.07, 6.45) is 31.2. The van der Waals surface area contributed by atoms with Crippen LogP contribution < -0.4 is 0 Å². The fourth-order valence-electron chi connectivity index (χ4n) is 7.54. The lowest BCUT2D eigenvalue weighted by molar-refractivity contribution is -0.145. The Morgan fingerprint density at radius 3 is 1.34 bits per heavy atom. The van der Waals surface area contributed by atoms with Crippen molar-refractivity contribution >= 4 is 18.1 Å². The first-order chi connectivity index (χ1) is 28.3. The van der Waals surface area contributed by atoms with E-state index in [-0.39, 0.29) is 24.6 Å². The summed E-state index contributed by atoms with van der Waals surface area (Å²) >= 11 is 0. The van der Waals surface area contributed by atoms with Crippen LogP contribution in [-0.2, 0) is 28.5 Å². The zero-order valence-electron chi connectivity index (χ0n) is 39.3. The minimum Gasteiger partial charge on any atom is -0.465 e. The fourth-order valence-corrected chi connectivity index (χ4v) is 7.54. The second-order valence-electron chi connectivity index (χ2n) is 16.8. The van der Waals surface area contributed by atoms with Crippen molar-refractivity contribution in [1.82, 2.24) is 9.80 Å². The second kappa shape index (κ2) is 43.2. The van der Waals surface area contributed by atoms with Crippen molar-refractivity contribution in [2.75, 3.05) is 59.1 Å². The minimum absolute atomic E-state index is 0.0255. The molecule has 9 heteroatoms. The Labute approximate surface area is 359 Å². The summed E-state index contributed by atoms with van der Waals surface area (Å²) in [5.74, 6) is 0.354. The smallest absolute Gasteiger partial charge is 0.465 e. The van der Waals surface area contributed by atoms with Gasteiger partial charge in [-0.2, -0.15) is 0 Å². The zero-order valence-corrected chi connectivity index (χ0v) is 39.3. The summed E-state index contributed by atoms with van der Waals surface area (Å²) in [5.41, 5.74) is 0. The van der Waals surface area contributed by atoms with Gasteiger partial charge in [0.15, 0.2) is 0 Å². The number of hydrogen-bond acceptors (Lipinski definition) is 9. The number of likely N-dealkylation sites (N-methyl/N-ethyl adjacent to an activating group) is 1. The molecule has 0 aliphatic heterocycles. The van der Waals surface area contributed by atoms with Gasteiger partial charge in [-0.15, -0.1) is 0 Å². The third-order valence-electron chi connectivity index (χ3n) is 11.6. The van der Waals surface area contributed by atoms with Crippen LogP contribution in [0.25, 0.3) is 0 Å². The van der Waals surface area contributed by atoms with Crippen LogP contribution >= 0.6 is 0 Å². The first-order valence-corrected chi connectivity index (χ1v) is 24.9. The Balaban J connectivity index is 4.59. The molecule has 0 aliphatic rings. The normalized spacial score (nSPS) is 12.6. The molecule has 344 valence electrons. The molecule has 58 heavy (non-hydrogen) atoms. The predicted octanol–water partition coefficient (Wildman–Crippen LogP) is 13.2. The van der Waals surface area contributed by atoms with E-state index < -0.39 is 6.16 Å². The molecule has 0 rings (SSSR count). The van der Waals surface area contributed by atoms with Crippen LogP contribution in [0.4, 0.5) is 4.79 Å². The summed E-state index contributed by atoms with van der Waals surface area (Å²) in [5, 5.41) is 0. The maximum absolute atomic E-state index is 12.8. The Morgan fingerprint density at radius 1 is 0.414 bits per heavy atom. The number of carbonyl (C=O) groups is 3. The maximum Gasteiger partial charge on any atom is 0.508 e. The molecule has 2 atom stereocenters. The van der Waals surface area contributed by atoms with Gasteiger partial charge in [0, 0.05) is 39.0 Å². The van der Waals surface area contributed by atoms with E-state index in [4.69, 9.17) is 18.9 Å². The summed E-state index contributed by atoms with van der Waals surface area (Å²) in [6.45, 7) is 19.2. The van der Waals surface area contributed by atoms with Gasteiger partial charge in [0.1, 0.15) is 19.3 Å². The Bertz CT molecular complexity index is 915. The summed E-state index contributed by atoms with van der Waals surface area (Å²) < 4.78 is 22.8. The molecule has 2 unspecified atom stereocenters. The van der Waals surface area contributed by atoms with Crippen LogP contribution in [0.2, 0.25) is 0 Å². The molecular formula is C49H96N2O7. The van der Waals surface area contributed by atoms with Gasteiger partial charge in [-0.3, -0.25) is 14.5 Å². The van der Waals surface area contributed by atoms with E-state index in [0.717, 1.165) is 110 Å². The van der Waals surface area contributed by atoms with Crippen LogP contribution in [0.3, 0.4) is 0 Å². The SMILES string of the molecule is CCCCCCCCC(CCCCCC)COC(=O)CCCCCCCCC(CCCCCC)OC(=O)OCCN(CCOC(=O)CCCCC)CCN(CC)CC. The van der Waals surface area contributed by atoms with Gasteiger partial charge >= 0.3 is 18.1 Å². The molecule has 0 aromatic rings. The van der Waals surface area contributed by atoms with E-state index in [2.05, 4.69) is 51.3 Å². The van der Waals surface area contributed by atoms with E-state index in [9.17, 15) is 14.4 Å². The maximum atomic E-state index is 12.8. The van der Waals surface area contributed by atoms with Gasteiger partial charge in [0.05, 0.1) is 6.61 Å². The molecule has 0 bridgehead atoms. The first kappa shape index (κ1) is 56.1. The van der Waals surface area contributed by atoms with E-state index in [0.29, 0.717) is 45.1 Å². The fraction of sp³-hybridized carbons (Fsp3) is 0.939. The summed E-state index contributed by atoms with van der Waals surface area (Å²) in [4.78, 5) is 42.1. The summed E-state index contributed by atoms with van der Waals surface area (Å²) in [7, 11) is 0. The van der Waals surface area contributed by atoms with E-state index in [1.54, 1.807) is 0 Å². The standard InChI is InChI=1S/C49H96N2O7/c1-7-13-17-20-23-28-33-45(32-27-18-14-8-2)44-57-48(53)37-31-25-22-21-24-30-35-46(34-29-19-15-9-3)58-49(54)56-43-41-51(39-38-50(11-5)12-6)40-42-55-47(52)36-26-16-10-4/h45-46H,7-44H2,1-6H3. The van der Waals surface area contributed by atoms with Crippen molar-refractivity contribution in [2.24, 2.45) is 5.92 Å². The third-order valence-corrected chi connectivity index (χ3v) is 11.6. The molecule has 0 aliphatic carbocycles. The Morgan fingerprint density at radius 2 is 0.810 bits per heavy atom. The van der Waals surface area contributed by atoms with Gasteiger partial charge in [-0.1, -0.05) is 164 Å². The largest absolute Gasteiger partial charge is 0.508 e. The molecule has 0 spiro atoms. The Hall–Kier alpha value is -1.87. The first-order valence-electron chi connectivity index (χ1n) is 24.9. The predicted molar refractivity (Wildman–Crippen MR) is 242 cm³/mol. The zero-order chi connectivity index (χ0) is 42.7. The number of hydrogen-bond donors (Lipinski definition) is 0. The second-order valence-corrected chi connectivity index (χ2v) is 16.8. The van der Waals surface area contributed by atoms with Gasteiger partial charge < -0.3 is 23.8 Å². The van der Waals surface area contributed by atoms with Crippen LogP contribution in [-0.4, -0.2) is 93.1 Å². The number of ether oxygens (including phenoxy) is 4. The van der Waals surface area contributed by atoms with Crippen LogP contribution in [0.15, 0.2) is 0 Å². The number of nitrogens with zero attached hydrogens (tertiary/aromatic N) is 2. The van der Waals surface area contributed by atoms with E-state index >= 15 is 0 Å².